The summed E-state index contributed by atoms with van der Waals surface area (Å²) < 4.78 is 15.7. The lowest BCUT2D eigenvalue weighted by molar-refractivity contribution is -0.115. The van der Waals surface area contributed by atoms with Crippen molar-refractivity contribution in [2.45, 2.75) is 25.0 Å². The minimum atomic E-state index is -0.588. The maximum atomic E-state index is 13.9. The number of hydrogen-bond donors (Lipinski definition) is 3. The summed E-state index contributed by atoms with van der Waals surface area (Å²) in [4.78, 5) is 27.6. The molecule has 25 heavy (non-hydrogen) atoms. The third kappa shape index (κ3) is 4.96. The molecule has 0 bridgehead atoms. The second-order valence-corrected chi connectivity index (χ2v) is 5.97. The van der Waals surface area contributed by atoms with Gasteiger partial charge in [0.25, 0.3) is 0 Å². The van der Waals surface area contributed by atoms with Gasteiger partial charge in [-0.15, -0.1) is 0 Å². The van der Waals surface area contributed by atoms with Crippen LogP contribution in [0, 0.1) is 5.82 Å². The van der Waals surface area contributed by atoms with E-state index >= 15 is 0 Å². The smallest absolute Gasteiger partial charge is 0.319 e. The van der Waals surface area contributed by atoms with Crippen molar-refractivity contribution in [3.8, 4) is 0 Å². The van der Waals surface area contributed by atoms with Crippen molar-refractivity contribution in [1.82, 2.24) is 14.9 Å². The number of nitrogens with one attached hydrogen (secondary N) is 3. The zero-order chi connectivity index (χ0) is 18.4. The van der Waals surface area contributed by atoms with Crippen LogP contribution in [0.4, 0.5) is 20.6 Å². The molecule has 0 saturated carbocycles. The van der Waals surface area contributed by atoms with Gasteiger partial charge in [-0.05, 0) is 24.5 Å². The predicted molar refractivity (Wildman–Crippen MR) is 96.2 cm³/mol. The van der Waals surface area contributed by atoms with E-state index in [2.05, 4.69) is 20.9 Å². The Morgan fingerprint density at radius 3 is 2.72 bits per heavy atom. The summed E-state index contributed by atoms with van der Waals surface area (Å²) in [6.45, 7) is 1.97. The number of benzene rings is 1. The van der Waals surface area contributed by atoms with Gasteiger partial charge in [0.15, 0.2) is 5.16 Å². The lowest BCUT2D eigenvalue weighted by atomic mass is 10.2. The van der Waals surface area contributed by atoms with Crippen molar-refractivity contribution in [3.05, 3.63) is 35.9 Å². The van der Waals surface area contributed by atoms with Gasteiger partial charge in [0.2, 0.25) is 5.91 Å². The topological polar surface area (TPSA) is 88.1 Å². The lowest BCUT2D eigenvalue weighted by Crippen LogP contribution is -2.29. The van der Waals surface area contributed by atoms with E-state index < -0.39 is 11.8 Å². The fourth-order valence-electron chi connectivity index (χ4n) is 2.07. The van der Waals surface area contributed by atoms with Crippen LogP contribution in [0.1, 0.15) is 19.0 Å². The van der Waals surface area contributed by atoms with Gasteiger partial charge in [0, 0.05) is 19.2 Å². The van der Waals surface area contributed by atoms with E-state index in [9.17, 15) is 14.0 Å². The van der Waals surface area contributed by atoms with Crippen LogP contribution in [0.2, 0.25) is 0 Å². The molecule has 3 amide bonds. The van der Waals surface area contributed by atoms with Gasteiger partial charge in [-0.25, -0.2) is 14.2 Å². The summed E-state index contributed by atoms with van der Waals surface area (Å²) in [6.07, 6.45) is 3.90. The molecule has 1 aromatic heterocycles. The molecule has 3 N–H and O–H groups in total. The summed E-state index contributed by atoms with van der Waals surface area (Å²) in [5.41, 5.74) is 1.23. The average Bonchev–Trinajstić information content (AvgIpc) is 2.95. The molecule has 134 valence electrons. The fraction of sp³-hybridized carbons (Fsp3) is 0.312. The van der Waals surface area contributed by atoms with Gasteiger partial charge in [0.05, 0.1) is 24.1 Å². The Morgan fingerprint density at radius 1 is 1.32 bits per heavy atom. The Kier molecular flexibility index (Phi) is 6.40. The third-order valence-corrected chi connectivity index (χ3v) is 4.22. The molecule has 0 radical (unpaired) electrons. The lowest BCUT2D eigenvalue weighted by Gasteiger charge is -2.11. The summed E-state index contributed by atoms with van der Waals surface area (Å²) >= 11 is 1.50. The number of rotatable bonds is 6. The molecular formula is C16H20FN5O2S. The van der Waals surface area contributed by atoms with Crippen LogP contribution in [0.25, 0.3) is 0 Å². The molecule has 0 aliphatic heterocycles. The largest absolute Gasteiger partial charge is 0.332 e. The Bertz CT molecular complexity index is 778. The van der Waals surface area contributed by atoms with Crippen LogP contribution in [-0.2, 0) is 18.4 Å². The monoisotopic (exact) mass is 365 g/mol. The molecule has 1 heterocycles. The Labute approximate surface area is 149 Å². The highest BCUT2D eigenvalue weighted by Crippen LogP contribution is 2.20. The number of thioether (sulfide) groups is 1. The average molecular weight is 365 g/mol. The van der Waals surface area contributed by atoms with Gasteiger partial charge < -0.3 is 20.5 Å². The van der Waals surface area contributed by atoms with Gasteiger partial charge in [0.1, 0.15) is 5.82 Å². The number of carbonyl (C=O) groups is 2. The summed E-state index contributed by atoms with van der Waals surface area (Å²) in [5.74, 6) is -0.780. The van der Waals surface area contributed by atoms with E-state index in [-0.39, 0.29) is 18.1 Å². The van der Waals surface area contributed by atoms with Crippen molar-refractivity contribution in [1.29, 1.82) is 0 Å². The molecule has 0 spiro atoms. The zero-order valence-electron chi connectivity index (χ0n) is 14.2. The van der Waals surface area contributed by atoms with Crippen molar-refractivity contribution in [2.24, 2.45) is 7.05 Å². The van der Waals surface area contributed by atoms with E-state index in [0.717, 1.165) is 10.9 Å². The minimum absolute atomic E-state index is 0.0128. The number of anilines is 2. The Morgan fingerprint density at radius 2 is 2.08 bits per heavy atom. The molecule has 9 heteroatoms. The van der Waals surface area contributed by atoms with Crippen LogP contribution in [0.15, 0.2) is 29.6 Å². The van der Waals surface area contributed by atoms with Crippen molar-refractivity contribution >= 4 is 35.1 Å². The SMILES string of the molecule is CCC(=O)Nc1ccc(F)c(NC(=O)NCc2cnc(SC)n2C)c1. The van der Waals surface area contributed by atoms with Crippen LogP contribution in [-0.4, -0.2) is 27.7 Å². The van der Waals surface area contributed by atoms with Crippen LogP contribution in [0.3, 0.4) is 0 Å². The molecule has 0 aliphatic carbocycles. The third-order valence-electron chi connectivity index (χ3n) is 3.47. The summed E-state index contributed by atoms with van der Waals surface area (Å²) in [7, 11) is 1.85. The van der Waals surface area contributed by atoms with Crippen molar-refractivity contribution < 1.29 is 14.0 Å². The number of amides is 3. The first-order valence-electron chi connectivity index (χ1n) is 7.63. The van der Waals surface area contributed by atoms with E-state index in [1.807, 2.05) is 17.9 Å². The molecule has 0 unspecified atom stereocenters. The minimum Gasteiger partial charge on any atom is -0.332 e. The molecule has 2 rings (SSSR count). The molecule has 0 aliphatic rings. The number of aromatic nitrogens is 2. The number of nitrogens with zero attached hydrogens (tertiary/aromatic N) is 2. The normalized spacial score (nSPS) is 10.4. The van der Waals surface area contributed by atoms with E-state index in [4.69, 9.17) is 0 Å². The second-order valence-electron chi connectivity index (χ2n) is 5.20. The molecular weight excluding hydrogens is 345 g/mol. The molecule has 2 aromatic rings. The molecule has 0 saturated heterocycles. The molecule has 7 nitrogen and oxygen atoms in total. The summed E-state index contributed by atoms with van der Waals surface area (Å²) in [5, 5.41) is 8.54. The van der Waals surface area contributed by atoms with Crippen LogP contribution in [0.5, 0.6) is 0 Å². The van der Waals surface area contributed by atoms with Crippen LogP contribution >= 0.6 is 11.8 Å². The standard InChI is InChI=1S/C16H20FN5O2S/c1-4-14(23)20-10-5-6-12(17)13(7-10)21-15(24)18-8-11-9-19-16(25-3)22(11)2/h5-7,9H,4,8H2,1-3H3,(H,20,23)(H2,18,21,24). The van der Waals surface area contributed by atoms with Crippen LogP contribution < -0.4 is 16.0 Å². The highest BCUT2D eigenvalue weighted by molar-refractivity contribution is 7.98. The van der Waals surface area contributed by atoms with Gasteiger partial charge in [-0.3, -0.25) is 4.79 Å². The highest BCUT2D eigenvalue weighted by Gasteiger charge is 2.11. The number of imidazole rings is 1. The first-order chi connectivity index (χ1) is 11.9. The predicted octanol–water partition coefficient (Wildman–Crippen LogP) is 2.95. The van der Waals surface area contributed by atoms with Crippen molar-refractivity contribution in [2.75, 3.05) is 16.9 Å². The quantitative estimate of drug-likeness (QED) is 0.687. The van der Waals surface area contributed by atoms with E-state index in [0.29, 0.717) is 12.1 Å². The summed E-state index contributed by atoms with van der Waals surface area (Å²) in [6, 6.07) is 3.45. The van der Waals surface area contributed by atoms with Gasteiger partial charge in [-0.1, -0.05) is 18.7 Å². The zero-order valence-corrected chi connectivity index (χ0v) is 15.0. The number of halogens is 1. The Hall–Kier alpha value is -2.55. The number of urea groups is 1. The van der Waals surface area contributed by atoms with Gasteiger partial charge >= 0.3 is 6.03 Å². The number of carbonyl (C=O) groups excluding carboxylic acids is 2. The molecule has 1 aromatic carbocycles. The van der Waals surface area contributed by atoms with Crippen molar-refractivity contribution in [3.63, 3.8) is 0 Å². The van der Waals surface area contributed by atoms with E-state index in [1.165, 1.54) is 30.0 Å². The second kappa shape index (κ2) is 8.52. The molecule has 0 atom stereocenters. The Balaban J connectivity index is 1.98. The maximum Gasteiger partial charge on any atom is 0.319 e. The first kappa shape index (κ1) is 18.8. The molecule has 0 fully saturated rings. The fourth-order valence-corrected chi connectivity index (χ4v) is 2.61. The van der Waals surface area contributed by atoms with Gasteiger partial charge in [-0.2, -0.15) is 0 Å². The first-order valence-corrected chi connectivity index (χ1v) is 8.86. The highest BCUT2D eigenvalue weighted by atomic mass is 32.2. The maximum absolute atomic E-state index is 13.9. The van der Waals surface area contributed by atoms with E-state index in [1.54, 1.807) is 13.1 Å². The number of hydrogen-bond acceptors (Lipinski definition) is 4.